The van der Waals surface area contributed by atoms with Crippen molar-refractivity contribution in [2.75, 3.05) is 19.5 Å². The minimum Gasteiger partial charge on any atom is -0.486 e. The van der Waals surface area contributed by atoms with Gasteiger partial charge in [-0.2, -0.15) is 0 Å². The van der Waals surface area contributed by atoms with Gasteiger partial charge in [0.25, 0.3) is 0 Å². The van der Waals surface area contributed by atoms with Gasteiger partial charge >= 0.3 is 0 Å². The molecule has 1 aliphatic rings. The van der Waals surface area contributed by atoms with Crippen LogP contribution in [0.25, 0.3) is 0 Å². The van der Waals surface area contributed by atoms with Crippen LogP contribution >= 0.6 is 11.8 Å². The lowest BCUT2D eigenvalue weighted by atomic mass is 9.99. The topological polar surface area (TPSA) is 44.5 Å². The fourth-order valence-corrected chi connectivity index (χ4v) is 3.00. The van der Waals surface area contributed by atoms with Crippen molar-refractivity contribution in [1.82, 2.24) is 0 Å². The van der Waals surface area contributed by atoms with E-state index in [9.17, 15) is 0 Å². The predicted molar refractivity (Wildman–Crippen MR) is 81.7 cm³/mol. The number of ether oxygens (including phenoxy) is 2. The molecule has 0 fully saturated rings. The largest absolute Gasteiger partial charge is 0.486 e. The molecule has 0 saturated heterocycles. The van der Waals surface area contributed by atoms with E-state index < -0.39 is 0 Å². The fraction of sp³-hybridized carbons (Fsp3) is 0.250. The van der Waals surface area contributed by atoms with E-state index in [4.69, 9.17) is 15.2 Å². The minimum atomic E-state index is -0.158. The van der Waals surface area contributed by atoms with Crippen molar-refractivity contribution in [3.05, 3.63) is 53.6 Å². The van der Waals surface area contributed by atoms with Gasteiger partial charge in [0.2, 0.25) is 0 Å². The van der Waals surface area contributed by atoms with E-state index in [1.807, 2.05) is 30.3 Å². The monoisotopic (exact) mass is 287 g/mol. The Bertz CT molecular complexity index is 615. The Hall–Kier alpha value is -1.65. The highest BCUT2D eigenvalue weighted by Gasteiger charge is 2.17. The number of nitrogens with two attached hydrogens (primary N) is 1. The molecular formula is C16H17NO2S. The number of hydrogen-bond acceptors (Lipinski definition) is 4. The van der Waals surface area contributed by atoms with Gasteiger partial charge in [-0.25, -0.2) is 0 Å². The van der Waals surface area contributed by atoms with Crippen molar-refractivity contribution in [1.29, 1.82) is 0 Å². The van der Waals surface area contributed by atoms with Crippen LogP contribution in [0.15, 0.2) is 47.4 Å². The molecule has 2 aromatic carbocycles. The third kappa shape index (κ3) is 2.49. The smallest absolute Gasteiger partial charge is 0.161 e. The second-order valence-corrected chi connectivity index (χ2v) is 5.47. The highest BCUT2D eigenvalue weighted by Crippen LogP contribution is 2.35. The summed E-state index contributed by atoms with van der Waals surface area (Å²) in [6.07, 6.45) is 2.06. The van der Waals surface area contributed by atoms with Crippen LogP contribution in [0.5, 0.6) is 11.5 Å². The number of fused-ring (bicyclic) bond motifs is 1. The molecule has 4 heteroatoms. The Balaban J connectivity index is 1.96. The maximum Gasteiger partial charge on any atom is 0.161 e. The zero-order chi connectivity index (χ0) is 13.9. The van der Waals surface area contributed by atoms with Crippen LogP contribution in [0, 0.1) is 0 Å². The Morgan fingerprint density at radius 2 is 1.80 bits per heavy atom. The maximum absolute atomic E-state index is 6.42. The first-order valence-corrected chi connectivity index (χ1v) is 7.80. The van der Waals surface area contributed by atoms with E-state index in [1.165, 1.54) is 4.90 Å². The molecule has 1 atom stereocenters. The Morgan fingerprint density at radius 1 is 1.05 bits per heavy atom. The predicted octanol–water partition coefficient (Wildman–Crippen LogP) is 3.23. The van der Waals surface area contributed by atoms with E-state index in [0.717, 1.165) is 22.6 Å². The van der Waals surface area contributed by atoms with Gasteiger partial charge in [-0.1, -0.05) is 24.3 Å². The third-order valence-corrected chi connectivity index (χ3v) is 4.21. The lowest BCUT2D eigenvalue weighted by molar-refractivity contribution is 0.171. The average Bonchev–Trinajstić information content (AvgIpc) is 2.53. The van der Waals surface area contributed by atoms with E-state index in [-0.39, 0.29) is 6.04 Å². The number of rotatable bonds is 3. The van der Waals surface area contributed by atoms with Crippen LogP contribution in [0.4, 0.5) is 0 Å². The van der Waals surface area contributed by atoms with Crippen molar-refractivity contribution in [3.63, 3.8) is 0 Å². The first kappa shape index (κ1) is 13.3. The lowest BCUT2D eigenvalue weighted by Gasteiger charge is -2.21. The molecule has 0 aliphatic carbocycles. The molecule has 3 rings (SSSR count). The van der Waals surface area contributed by atoms with Crippen LogP contribution < -0.4 is 15.2 Å². The second-order valence-electron chi connectivity index (χ2n) is 4.62. The van der Waals surface area contributed by atoms with Crippen LogP contribution in [0.1, 0.15) is 17.2 Å². The average molecular weight is 287 g/mol. The van der Waals surface area contributed by atoms with Crippen LogP contribution in [0.3, 0.4) is 0 Å². The lowest BCUT2D eigenvalue weighted by Crippen LogP contribution is -2.17. The number of hydrogen-bond donors (Lipinski definition) is 1. The molecule has 0 amide bonds. The summed E-state index contributed by atoms with van der Waals surface area (Å²) >= 11 is 1.71. The second kappa shape index (κ2) is 5.77. The summed E-state index contributed by atoms with van der Waals surface area (Å²) in [4.78, 5) is 1.20. The van der Waals surface area contributed by atoms with Crippen molar-refractivity contribution in [2.45, 2.75) is 10.9 Å². The quantitative estimate of drug-likeness (QED) is 0.880. The molecule has 0 aromatic heterocycles. The summed E-state index contributed by atoms with van der Waals surface area (Å²) in [6, 6.07) is 14.0. The molecule has 1 heterocycles. The van der Waals surface area contributed by atoms with Gasteiger partial charge < -0.3 is 15.2 Å². The van der Waals surface area contributed by atoms with E-state index in [0.29, 0.717) is 13.2 Å². The highest BCUT2D eigenvalue weighted by molar-refractivity contribution is 7.98. The first-order valence-electron chi connectivity index (χ1n) is 6.57. The molecule has 0 radical (unpaired) electrons. The van der Waals surface area contributed by atoms with E-state index in [1.54, 1.807) is 11.8 Å². The Morgan fingerprint density at radius 3 is 2.60 bits per heavy atom. The number of thioether (sulfide) groups is 1. The van der Waals surface area contributed by atoms with Gasteiger partial charge in [-0.05, 0) is 35.6 Å². The molecule has 104 valence electrons. The SMILES string of the molecule is CSc1ccccc1C(N)c1ccc2c(c1)OCCO2. The van der Waals surface area contributed by atoms with Crippen molar-refractivity contribution >= 4 is 11.8 Å². The molecule has 0 saturated carbocycles. The molecule has 1 aliphatic heterocycles. The van der Waals surface area contributed by atoms with Gasteiger partial charge in [-0.3, -0.25) is 0 Å². The normalized spacial score (nSPS) is 14.9. The molecule has 0 bridgehead atoms. The summed E-state index contributed by atoms with van der Waals surface area (Å²) < 4.78 is 11.2. The van der Waals surface area contributed by atoms with Crippen molar-refractivity contribution in [3.8, 4) is 11.5 Å². The van der Waals surface area contributed by atoms with Crippen LogP contribution in [-0.4, -0.2) is 19.5 Å². The minimum absolute atomic E-state index is 0.158. The molecule has 3 nitrogen and oxygen atoms in total. The highest BCUT2D eigenvalue weighted by atomic mass is 32.2. The third-order valence-electron chi connectivity index (χ3n) is 3.40. The molecule has 2 aromatic rings. The van der Waals surface area contributed by atoms with Crippen molar-refractivity contribution < 1.29 is 9.47 Å². The molecule has 0 spiro atoms. The van der Waals surface area contributed by atoms with Crippen LogP contribution in [0.2, 0.25) is 0 Å². The van der Waals surface area contributed by atoms with E-state index in [2.05, 4.69) is 18.4 Å². The Labute approximate surface area is 123 Å². The first-order chi connectivity index (χ1) is 9.79. The zero-order valence-corrected chi connectivity index (χ0v) is 12.2. The molecule has 2 N–H and O–H groups in total. The zero-order valence-electron chi connectivity index (χ0n) is 11.3. The van der Waals surface area contributed by atoms with Crippen LogP contribution in [-0.2, 0) is 0 Å². The maximum atomic E-state index is 6.42. The molecule has 1 unspecified atom stereocenters. The number of benzene rings is 2. The summed E-state index contributed by atoms with van der Waals surface area (Å²) in [5, 5.41) is 0. The van der Waals surface area contributed by atoms with Gasteiger partial charge in [0, 0.05) is 4.90 Å². The van der Waals surface area contributed by atoms with Gasteiger partial charge in [0.15, 0.2) is 11.5 Å². The fourth-order valence-electron chi connectivity index (χ4n) is 2.36. The summed E-state index contributed by atoms with van der Waals surface area (Å²) in [5.74, 6) is 1.58. The molecule has 20 heavy (non-hydrogen) atoms. The standard InChI is InChI=1S/C16H17NO2S/c1-20-15-5-3-2-4-12(15)16(17)11-6-7-13-14(10-11)19-9-8-18-13/h2-7,10,16H,8-9,17H2,1H3. The van der Waals surface area contributed by atoms with Crippen molar-refractivity contribution in [2.24, 2.45) is 5.73 Å². The summed E-state index contributed by atoms with van der Waals surface area (Å²) in [7, 11) is 0. The summed E-state index contributed by atoms with van der Waals surface area (Å²) in [6.45, 7) is 1.20. The molecular weight excluding hydrogens is 270 g/mol. The Kier molecular flexibility index (Phi) is 3.85. The van der Waals surface area contributed by atoms with E-state index >= 15 is 0 Å². The van der Waals surface area contributed by atoms with Gasteiger partial charge in [0.1, 0.15) is 13.2 Å². The van der Waals surface area contributed by atoms with Gasteiger partial charge in [-0.15, -0.1) is 11.8 Å². The van der Waals surface area contributed by atoms with Gasteiger partial charge in [0.05, 0.1) is 6.04 Å². The summed E-state index contributed by atoms with van der Waals surface area (Å²) in [5.41, 5.74) is 8.59.